The SMILES string of the molecule is [CH2]CCOC(CCC)[SiH](O[Si](C)(C)C)O[Si](C)(C)C. The van der Waals surface area contributed by atoms with Crippen LogP contribution >= 0.6 is 0 Å². The summed E-state index contributed by atoms with van der Waals surface area (Å²) in [6.07, 6.45) is 2.95. The Kier molecular flexibility index (Phi) is 8.98. The van der Waals surface area contributed by atoms with Gasteiger partial charge in [-0.05, 0) is 52.1 Å². The van der Waals surface area contributed by atoms with E-state index in [0.29, 0.717) is 6.61 Å². The van der Waals surface area contributed by atoms with Crippen LogP contribution in [0.2, 0.25) is 39.3 Å². The monoisotopic (exact) mass is 321 g/mol. The van der Waals surface area contributed by atoms with Gasteiger partial charge in [0.1, 0.15) is 0 Å². The standard InChI is InChI=1S/C13H33O3Si3/c1-9-11-13(14-12-10-2)17(15-18(3,4)5)16-19(6,7)8/h13,17H,2,9-12H2,1,3-8H3. The highest BCUT2D eigenvalue weighted by Crippen LogP contribution is 2.18. The Labute approximate surface area is 124 Å². The van der Waals surface area contributed by atoms with Crippen molar-refractivity contribution in [2.45, 2.75) is 71.2 Å². The van der Waals surface area contributed by atoms with Crippen molar-refractivity contribution in [1.29, 1.82) is 0 Å². The molecule has 0 aromatic rings. The van der Waals surface area contributed by atoms with E-state index >= 15 is 0 Å². The van der Waals surface area contributed by atoms with Crippen molar-refractivity contribution < 1.29 is 13.0 Å². The molecule has 0 rings (SSSR count). The molecule has 0 aliphatic carbocycles. The van der Waals surface area contributed by atoms with Gasteiger partial charge in [-0.15, -0.1) is 0 Å². The van der Waals surface area contributed by atoms with Crippen molar-refractivity contribution in [2.75, 3.05) is 6.61 Å². The third-order valence-electron chi connectivity index (χ3n) is 2.29. The summed E-state index contributed by atoms with van der Waals surface area (Å²) in [7, 11) is -4.95. The first-order valence-corrected chi connectivity index (χ1v) is 15.8. The van der Waals surface area contributed by atoms with Gasteiger partial charge in [-0.1, -0.05) is 20.3 Å². The summed E-state index contributed by atoms with van der Waals surface area (Å²) in [6.45, 7) is 20.1. The van der Waals surface area contributed by atoms with E-state index in [9.17, 15) is 0 Å². The summed E-state index contributed by atoms with van der Waals surface area (Å²) in [5, 5.41) is 0. The summed E-state index contributed by atoms with van der Waals surface area (Å²) < 4.78 is 18.7. The summed E-state index contributed by atoms with van der Waals surface area (Å²) in [4.78, 5) is 0. The van der Waals surface area contributed by atoms with Crippen LogP contribution in [0.25, 0.3) is 0 Å². The molecule has 0 saturated carbocycles. The first-order chi connectivity index (χ1) is 8.59. The van der Waals surface area contributed by atoms with Crippen LogP contribution in [0.15, 0.2) is 0 Å². The predicted octanol–water partition coefficient (Wildman–Crippen LogP) is 3.86. The molecule has 3 nitrogen and oxygen atoms in total. The zero-order chi connectivity index (χ0) is 15.1. The minimum Gasteiger partial charge on any atom is -0.437 e. The van der Waals surface area contributed by atoms with E-state index in [0.717, 1.165) is 19.3 Å². The van der Waals surface area contributed by atoms with Crippen molar-refractivity contribution in [3.63, 3.8) is 0 Å². The molecule has 0 amide bonds. The number of hydrogen-bond acceptors (Lipinski definition) is 3. The fourth-order valence-corrected chi connectivity index (χ4v) is 10.0. The normalized spacial score (nSPS) is 15.0. The van der Waals surface area contributed by atoms with Crippen LogP contribution in [-0.4, -0.2) is 38.3 Å². The molecule has 1 unspecified atom stereocenters. The second-order valence-corrected chi connectivity index (χ2v) is 18.7. The van der Waals surface area contributed by atoms with E-state index in [-0.39, 0.29) is 5.73 Å². The van der Waals surface area contributed by atoms with Gasteiger partial charge in [-0.25, -0.2) is 0 Å². The smallest absolute Gasteiger partial charge is 0.330 e. The average molecular weight is 322 g/mol. The van der Waals surface area contributed by atoms with Crippen LogP contribution in [-0.2, 0) is 13.0 Å². The largest absolute Gasteiger partial charge is 0.437 e. The highest BCUT2D eigenvalue weighted by Gasteiger charge is 2.35. The van der Waals surface area contributed by atoms with E-state index in [1.165, 1.54) is 0 Å². The molecule has 0 aromatic heterocycles. The molecule has 0 heterocycles. The lowest BCUT2D eigenvalue weighted by Gasteiger charge is -2.35. The Bertz CT molecular complexity index is 220. The Morgan fingerprint density at radius 1 is 1.00 bits per heavy atom. The van der Waals surface area contributed by atoms with Gasteiger partial charge in [-0.3, -0.25) is 0 Å². The maximum absolute atomic E-state index is 6.37. The van der Waals surface area contributed by atoms with Crippen molar-refractivity contribution >= 4 is 25.9 Å². The van der Waals surface area contributed by atoms with Gasteiger partial charge in [0.15, 0.2) is 16.6 Å². The minimum atomic E-state index is -1.77. The van der Waals surface area contributed by atoms with E-state index in [1.807, 2.05) is 0 Å². The molecular formula is C13H33O3Si3. The predicted molar refractivity (Wildman–Crippen MR) is 90.6 cm³/mol. The van der Waals surface area contributed by atoms with Gasteiger partial charge in [0.05, 0.1) is 5.73 Å². The zero-order valence-corrected chi connectivity index (χ0v) is 17.1. The number of hydrogen-bond donors (Lipinski definition) is 0. The van der Waals surface area contributed by atoms with E-state index in [1.54, 1.807) is 0 Å². The Balaban J connectivity index is 4.81. The molecule has 115 valence electrons. The van der Waals surface area contributed by atoms with Gasteiger partial charge >= 0.3 is 9.28 Å². The molecule has 19 heavy (non-hydrogen) atoms. The van der Waals surface area contributed by atoms with Crippen LogP contribution in [0, 0.1) is 6.92 Å². The van der Waals surface area contributed by atoms with Gasteiger partial charge in [-0.2, -0.15) is 0 Å². The Hall–Kier alpha value is 0.531. The summed E-state index contributed by atoms with van der Waals surface area (Å²) in [5.41, 5.74) is 0.171. The summed E-state index contributed by atoms with van der Waals surface area (Å²) >= 11 is 0. The number of ether oxygens (including phenoxy) is 1. The minimum absolute atomic E-state index is 0.171. The van der Waals surface area contributed by atoms with Crippen molar-refractivity contribution in [3.05, 3.63) is 6.92 Å². The molecule has 1 radical (unpaired) electrons. The van der Waals surface area contributed by atoms with E-state index < -0.39 is 25.9 Å². The maximum atomic E-state index is 6.37. The topological polar surface area (TPSA) is 27.7 Å². The molecule has 0 saturated heterocycles. The van der Waals surface area contributed by atoms with Gasteiger partial charge in [0.25, 0.3) is 0 Å². The van der Waals surface area contributed by atoms with Gasteiger partial charge in [0, 0.05) is 6.61 Å². The molecule has 1 atom stereocenters. The molecule has 0 aromatic carbocycles. The van der Waals surface area contributed by atoms with Gasteiger partial charge < -0.3 is 13.0 Å². The van der Waals surface area contributed by atoms with Gasteiger partial charge in [0.2, 0.25) is 0 Å². The third-order valence-corrected chi connectivity index (χ3v) is 10.9. The third kappa shape index (κ3) is 10.9. The van der Waals surface area contributed by atoms with Crippen LogP contribution < -0.4 is 0 Å². The fraction of sp³-hybridized carbons (Fsp3) is 0.923. The van der Waals surface area contributed by atoms with Crippen molar-refractivity contribution in [3.8, 4) is 0 Å². The quantitative estimate of drug-likeness (QED) is 0.572. The van der Waals surface area contributed by atoms with Crippen LogP contribution in [0.3, 0.4) is 0 Å². The lowest BCUT2D eigenvalue weighted by atomic mass is 10.3. The highest BCUT2D eigenvalue weighted by molar-refractivity contribution is 6.81. The molecule has 0 spiro atoms. The average Bonchev–Trinajstić information content (AvgIpc) is 2.19. The lowest BCUT2D eigenvalue weighted by Crippen LogP contribution is -2.50. The molecule has 0 fully saturated rings. The van der Waals surface area contributed by atoms with Crippen LogP contribution in [0.5, 0.6) is 0 Å². The first-order valence-electron chi connectivity index (χ1n) is 7.35. The van der Waals surface area contributed by atoms with E-state index in [2.05, 4.69) is 53.1 Å². The Morgan fingerprint density at radius 2 is 1.47 bits per heavy atom. The summed E-state index contributed by atoms with van der Waals surface area (Å²) in [6, 6.07) is 0. The Morgan fingerprint density at radius 3 is 1.79 bits per heavy atom. The molecule has 0 N–H and O–H groups in total. The highest BCUT2D eigenvalue weighted by atomic mass is 28.4. The van der Waals surface area contributed by atoms with Crippen molar-refractivity contribution in [2.24, 2.45) is 0 Å². The molecule has 0 bridgehead atoms. The molecule has 0 aliphatic rings. The second kappa shape index (κ2) is 8.74. The lowest BCUT2D eigenvalue weighted by molar-refractivity contribution is 0.0796. The zero-order valence-electron chi connectivity index (χ0n) is 13.9. The molecule has 0 aliphatic heterocycles. The molecule has 6 heteroatoms. The summed E-state index contributed by atoms with van der Waals surface area (Å²) in [5.74, 6) is 0. The maximum Gasteiger partial charge on any atom is 0.330 e. The first kappa shape index (κ1) is 19.5. The second-order valence-electron chi connectivity index (χ2n) is 6.88. The van der Waals surface area contributed by atoms with Crippen LogP contribution in [0.4, 0.5) is 0 Å². The van der Waals surface area contributed by atoms with Crippen molar-refractivity contribution in [1.82, 2.24) is 0 Å². The van der Waals surface area contributed by atoms with Crippen LogP contribution in [0.1, 0.15) is 26.2 Å². The van der Waals surface area contributed by atoms with E-state index in [4.69, 9.17) is 13.0 Å². The number of rotatable bonds is 10. The molecular weight excluding hydrogens is 288 g/mol. The fourth-order valence-electron chi connectivity index (χ4n) is 1.69.